The normalized spacial score (nSPS) is 20.7. The van der Waals surface area contributed by atoms with Crippen LogP contribution in [0, 0.1) is 0 Å². The summed E-state index contributed by atoms with van der Waals surface area (Å²) in [5.41, 5.74) is 4.63. The lowest BCUT2D eigenvalue weighted by Crippen LogP contribution is -2.46. The Hall–Kier alpha value is -3.33. The van der Waals surface area contributed by atoms with E-state index in [1.165, 1.54) is 0 Å². The number of pyridine rings is 3. The van der Waals surface area contributed by atoms with Gasteiger partial charge in [-0.2, -0.15) is 0 Å². The molecule has 1 amide bonds. The van der Waals surface area contributed by atoms with Gasteiger partial charge in [-0.1, -0.05) is 6.92 Å². The van der Waals surface area contributed by atoms with Crippen LogP contribution >= 0.6 is 0 Å². The SMILES string of the molecule is CCc1cc2ncc(CN3CCN(c4ccc(C(=O)N[C@@H]5C[C@@H]5F)nc4)CC3)cc2[nH]c1=O. The monoisotopic (exact) mass is 450 g/mol. The van der Waals surface area contributed by atoms with Crippen LogP contribution in [0.1, 0.15) is 35.0 Å². The summed E-state index contributed by atoms with van der Waals surface area (Å²) < 4.78 is 13.0. The molecule has 5 rings (SSSR count). The van der Waals surface area contributed by atoms with Gasteiger partial charge in [-0.3, -0.25) is 19.5 Å². The Morgan fingerprint density at radius 3 is 2.64 bits per heavy atom. The predicted molar refractivity (Wildman–Crippen MR) is 124 cm³/mol. The first-order valence-electron chi connectivity index (χ1n) is 11.4. The van der Waals surface area contributed by atoms with Crippen molar-refractivity contribution in [2.24, 2.45) is 0 Å². The van der Waals surface area contributed by atoms with Crippen molar-refractivity contribution in [1.82, 2.24) is 25.2 Å². The molecular weight excluding hydrogens is 423 g/mol. The maximum absolute atomic E-state index is 13.0. The van der Waals surface area contributed by atoms with Gasteiger partial charge >= 0.3 is 0 Å². The van der Waals surface area contributed by atoms with Crippen LogP contribution < -0.4 is 15.8 Å². The number of hydrogen-bond donors (Lipinski definition) is 2. The quantitative estimate of drug-likeness (QED) is 0.597. The molecule has 0 bridgehead atoms. The molecule has 9 heteroatoms. The topological polar surface area (TPSA) is 94.2 Å². The molecule has 0 unspecified atom stereocenters. The molecule has 2 aliphatic rings. The second kappa shape index (κ2) is 8.90. The number of piperazine rings is 1. The number of carbonyl (C=O) groups excluding carboxylic acids is 1. The molecular formula is C24H27FN6O2. The number of aromatic nitrogens is 3. The zero-order chi connectivity index (χ0) is 22.9. The molecule has 1 saturated carbocycles. The Labute approximate surface area is 190 Å². The van der Waals surface area contributed by atoms with E-state index in [0.29, 0.717) is 18.5 Å². The first-order valence-corrected chi connectivity index (χ1v) is 11.4. The van der Waals surface area contributed by atoms with E-state index < -0.39 is 6.17 Å². The highest BCUT2D eigenvalue weighted by atomic mass is 19.1. The van der Waals surface area contributed by atoms with Crippen LogP contribution in [0.25, 0.3) is 11.0 Å². The average Bonchev–Trinajstić information content (AvgIpc) is 3.53. The summed E-state index contributed by atoms with van der Waals surface area (Å²) in [6.07, 6.45) is 3.74. The predicted octanol–water partition coefficient (Wildman–Crippen LogP) is 2.04. The summed E-state index contributed by atoms with van der Waals surface area (Å²) in [6, 6.07) is 7.10. The number of aryl methyl sites for hydroxylation is 1. The highest BCUT2D eigenvalue weighted by Crippen LogP contribution is 2.25. The summed E-state index contributed by atoms with van der Waals surface area (Å²) in [5, 5.41) is 2.65. The van der Waals surface area contributed by atoms with Crippen LogP contribution in [0.5, 0.6) is 0 Å². The number of rotatable bonds is 6. The molecule has 0 spiro atoms. The maximum atomic E-state index is 13.0. The van der Waals surface area contributed by atoms with E-state index in [4.69, 9.17) is 0 Å². The van der Waals surface area contributed by atoms with Crippen LogP contribution in [0.4, 0.5) is 10.1 Å². The minimum Gasteiger partial charge on any atom is -0.368 e. The van der Waals surface area contributed by atoms with E-state index in [-0.39, 0.29) is 17.5 Å². The number of amides is 1. The summed E-state index contributed by atoms with van der Waals surface area (Å²) >= 11 is 0. The lowest BCUT2D eigenvalue weighted by atomic mass is 10.1. The lowest BCUT2D eigenvalue weighted by Gasteiger charge is -2.36. The molecule has 2 atom stereocenters. The minimum absolute atomic E-state index is 0.0474. The van der Waals surface area contributed by atoms with Gasteiger partial charge in [0.25, 0.3) is 11.5 Å². The fourth-order valence-corrected chi connectivity index (χ4v) is 4.20. The Balaban J connectivity index is 1.17. The van der Waals surface area contributed by atoms with Crippen molar-refractivity contribution in [3.63, 3.8) is 0 Å². The van der Waals surface area contributed by atoms with Gasteiger partial charge in [-0.05, 0) is 36.2 Å². The molecule has 172 valence electrons. The summed E-state index contributed by atoms with van der Waals surface area (Å²) in [7, 11) is 0. The second-order valence-corrected chi connectivity index (χ2v) is 8.75. The third-order valence-electron chi connectivity index (χ3n) is 6.36. The molecule has 2 fully saturated rings. The number of H-pyrrole nitrogens is 1. The number of alkyl halides is 1. The van der Waals surface area contributed by atoms with Gasteiger partial charge in [-0.15, -0.1) is 0 Å². The number of aromatic amines is 1. The van der Waals surface area contributed by atoms with Gasteiger partial charge in [0.1, 0.15) is 11.9 Å². The van der Waals surface area contributed by atoms with Crippen molar-refractivity contribution >= 4 is 22.6 Å². The van der Waals surface area contributed by atoms with Crippen molar-refractivity contribution in [3.8, 4) is 0 Å². The van der Waals surface area contributed by atoms with Crippen molar-refractivity contribution in [2.45, 2.75) is 38.5 Å². The Morgan fingerprint density at radius 2 is 1.97 bits per heavy atom. The van der Waals surface area contributed by atoms with E-state index in [9.17, 15) is 14.0 Å². The first-order chi connectivity index (χ1) is 16.0. The summed E-state index contributed by atoms with van der Waals surface area (Å²) in [6.45, 7) is 6.17. The number of halogens is 1. The lowest BCUT2D eigenvalue weighted by molar-refractivity contribution is 0.0942. The second-order valence-electron chi connectivity index (χ2n) is 8.75. The Kier molecular flexibility index (Phi) is 5.80. The smallest absolute Gasteiger partial charge is 0.270 e. The van der Waals surface area contributed by atoms with E-state index in [0.717, 1.165) is 60.6 Å². The molecule has 1 aliphatic heterocycles. The third-order valence-corrected chi connectivity index (χ3v) is 6.36. The zero-order valence-corrected chi connectivity index (χ0v) is 18.6. The maximum Gasteiger partial charge on any atom is 0.270 e. The molecule has 1 aliphatic carbocycles. The highest BCUT2D eigenvalue weighted by molar-refractivity contribution is 5.93. The van der Waals surface area contributed by atoms with E-state index in [1.807, 2.05) is 31.3 Å². The summed E-state index contributed by atoms with van der Waals surface area (Å²) in [5.74, 6) is -0.326. The van der Waals surface area contributed by atoms with Gasteiger partial charge in [0.2, 0.25) is 0 Å². The van der Waals surface area contributed by atoms with E-state index in [1.54, 1.807) is 12.3 Å². The van der Waals surface area contributed by atoms with Gasteiger partial charge in [0.15, 0.2) is 0 Å². The molecule has 4 heterocycles. The molecule has 33 heavy (non-hydrogen) atoms. The highest BCUT2D eigenvalue weighted by Gasteiger charge is 2.39. The number of nitrogens with zero attached hydrogens (tertiary/aromatic N) is 4. The number of carbonyl (C=O) groups is 1. The van der Waals surface area contributed by atoms with E-state index >= 15 is 0 Å². The molecule has 2 N–H and O–H groups in total. The van der Waals surface area contributed by atoms with Crippen LogP contribution in [-0.4, -0.2) is 64.2 Å². The van der Waals surface area contributed by atoms with Crippen molar-refractivity contribution in [3.05, 3.63) is 63.8 Å². The van der Waals surface area contributed by atoms with Crippen molar-refractivity contribution < 1.29 is 9.18 Å². The van der Waals surface area contributed by atoms with Gasteiger partial charge in [-0.25, -0.2) is 9.37 Å². The summed E-state index contributed by atoms with van der Waals surface area (Å²) in [4.78, 5) is 40.6. The fourth-order valence-electron chi connectivity index (χ4n) is 4.20. The number of fused-ring (bicyclic) bond motifs is 1. The molecule has 3 aromatic heterocycles. The Bertz CT molecular complexity index is 1220. The molecule has 3 aromatic rings. The van der Waals surface area contributed by atoms with Crippen LogP contribution in [0.3, 0.4) is 0 Å². The standard InChI is InChI=1S/C24H27FN6O2/c1-2-16-10-21-22(29-23(16)32)9-15(12-26-21)14-30-5-7-31(8-6-30)17-3-4-19(27-13-17)24(33)28-20-11-18(20)25/h3-4,9-10,12-13,18,20H,2,5-8,11,14H2,1H3,(H,28,33)(H,29,32)/t18-,20+/m0/s1. The van der Waals surface area contributed by atoms with Gasteiger partial charge in [0.05, 0.1) is 29.0 Å². The van der Waals surface area contributed by atoms with Gasteiger partial charge in [0, 0.05) is 50.9 Å². The molecule has 1 saturated heterocycles. The van der Waals surface area contributed by atoms with Crippen LogP contribution in [0.2, 0.25) is 0 Å². The van der Waals surface area contributed by atoms with Gasteiger partial charge < -0.3 is 15.2 Å². The Morgan fingerprint density at radius 1 is 1.18 bits per heavy atom. The van der Waals surface area contributed by atoms with Crippen molar-refractivity contribution in [2.75, 3.05) is 31.1 Å². The first kappa shape index (κ1) is 21.5. The molecule has 0 aromatic carbocycles. The molecule has 8 nitrogen and oxygen atoms in total. The average molecular weight is 451 g/mol. The molecule has 0 radical (unpaired) electrons. The van der Waals surface area contributed by atoms with Crippen molar-refractivity contribution in [1.29, 1.82) is 0 Å². The number of anilines is 1. The number of nitrogens with one attached hydrogen (secondary N) is 2. The fraction of sp³-hybridized carbons (Fsp3) is 0.417. The minimum atomic E-state index is -0.925. The zero-order valence-electron chi connectivity index (χ0n) is 18.6. The third kappa shape index (κ3) is 4.73. The van der Waals surface area contributed by atoms with Crippen LogP contribution in [0.15, 0.2) is 41.5 Å². The number of hydrogen-bond acceptors (Lipinski definition) is 6. The largest absolute Gasteiger partial charge is 0.368 e. The van der Waals surface area contributed by atoms with E-state index in [2.05, 4.69) is 30.1 Å². The van der Waals surface area contributed by atoms with Crippen LogP contribution in [-0.2, 0) is 13.0 Å².